The Hall–Kier alpha value is -1.10. The summed E-state index contributed by atoms with van der Waals surface area (Å²) in [6.45, 7) is 2.15. The molecule has 0 radical (unpaired) electrons. The van der Waals surface area contributed by atoms with Gasteiger partial charge in [0, 0.05) is 32.6 Å². The normalized spacial score (nSPS) is 16.2. The molecule has 1 aliphatic rings. The summed E-state index contributed by atoms with van der Waals surface area (Å²) < 4.78 is 0. The molecule has 0 bridgehead atoms. The second kappa shape index (κ2) is 4.82. The van der Waals surface area contributed by atoms with E-state index in [0.29, 0.717) is 5.69 Å². The zero-order valence-electron chi connectivity index (χ0n) is 9.77. The third-order valence-electron chi connectivity index (χ3n) is 2.74. The first-order valence-corrected chi connectivity index (χ1v) is 6.48. The fourth-order valence-electron chi connectivity index (χ4n) is 1.82. The first kappa shape index (κ1) is 11.4. The van der Waals surface area contributed by atoms with E-state index in [4.69, 9.17) is 0 Å². The van der Waals surface area contributed by atoms with Crippen LogP contribution >= 0.6 is 11.3 Å². The summed E-state index contributed by atoms with van der Waals surface area (Å²) in [5.41, 5.74) is 0.565. The molecular formula is C11H17N3OS. The van der Waals surface area contributed by atoms with Gasteiger partial charge in [0.25, 0.3) is 5.91 Å². The summed E-state index contributed by atoms with van der Waals surface area (Å²) >= 11 is 1.57. The van der Waals surface area contributed by atoms with E-state index in [1.54, 1.807) is 30.3 Å². The smallest absolute Gasteiger partial charge is 0.272 e. The number of nitrogens with zero attached hydrogens (tertiary/aromatic N) is 3. The molecule has 1 aromatic rings. The van der Waals surface area contributed by atoms with Crippen molar-refractivity contribution in [2.24, 2.45) is 0 Å². The Morgan fingerprint density at radius 1 is 1.38 bits per heavy atom. The largest absolute Gasteiger partial charge is 0.348 e. The molecule has 2 heterocycles. The zero-order valence-corrected chi connectivity index (χ0v) is 10.6. The molecule has 5 heteroatoms. The van der Waals surface area contributed by atoms with Gasteiger partial charge in [0.2, 0.25) is 0 Å². The van der Waals surface area contributed by atoms with Gasteiger partial charge in [0.15, 0.2) is 5.13 Å². The van der Waals surface area contributed by atoms with Crippen molar-refractivity contribution in [1.29, 1.82) is 0 Å². The van der Waals surface area contributed by atoms with E-state index in [1.807, 2.05) is 5.38 Å². The van der Waals surface area contributed by atoms with Gasteiger partial charge in [0.1, 0.15) is 5.69 Å². The number of hydrogen-bond donors (Lipinski definition) is 0. The maximum atomic E-state index is 11.7. The lowest BCUT2D eigenvalue weighted by atomic mass is 10.1. The minimum absolute atomic E-state index is 0.0143. The second-order valence-corrected chi connectivity index (χ2v) is 5.10. The van der Waals surface area contributed by atoms with Crippen LogP contribution in [0.25, 0.3) is 0 Å². The van der Waals surface area contributed by atoms with E-state index < -0.39 is 0 Å². The van der Waals surface area contributed by atoms with E-state index in [1.165, 1.54) is 19.3 Å². The van der Waals surface area contributed by atoms with Crippen LogP contribution in [0.4, 0.5) is 5.13 Å². The Labute approximate surface area is 99.9 Å². The van der Waals surface area contributed by atoms with E-state index >= 15 is 0 Å². The number of piperidine rings is 1. The molecule has 1 aliphatic heterocycles. The zero-order chi connectivity index (χ0) is 11.5. The van der Waals surface area contributed by atoms with Crippen molar-refractivity contribution >= 4 is 22.4 Å². The monoisotopic (exact) mass is 239 g/mol. The molecule has 0 aliphatic carbocycles. The SMILES string of the molecule is CN(C)C(=O)c1csc(N2CCCCC2)n1. The van der Waals surface area contributed by atoms with Crippen LogP contribution in [0, 0.1) is 0 Å². The Bertz CT molecular complexity index is 369. The summed E-state index contributed by atoms with van der Waals surface area (Å²) in [5, 5.41) is 2.84. The number of anilines is 1. The van der Waals surface area contributed by atoms with Gasteiger partial charge in [-0.05, 0) is 19.3 Å². The first-order chi connectivity index (χ1) is 7.68. The van der Waals surface area contributed by atoms with Crippen LogP contribution in [0.5, 0.6) is 0 Å². The molecule has 0 saturated carbocycles. The molecule has 16 heavy (non-hydrogen) atoms. The van der Waals surface area contributed by atoms with Crippen LogP contribution in [0.1, 0.15) is 29.8 Å². The van der Waals surface area contributed by atoms with Gasteiger partial charge in [0.05, 0.1) is 0 Å². The van der Waals surface area contributed by atoms with Gasteiger partial charge in [-0.2, -0.15) is 0 Å². The fourth-order valence-corrected chi connectivity index (χ4v) is 2.68. The van der Waals surface area contributed by atoms with Crippen LogP contribution in [-0.4, -0.2) is 43.0 Å². The predicted molar refractivity (Wildman–Crippen MR) is 66.2 cm³/mol. The van der Waals surface area contributed by atoms with Crippen molar-refractivity contribution in [1.82, 2.24) is 9.88 Å². The number of aromatic nitrogens is 1. The van der Waals surface area contributed by atoms with Crippen LogP contribution in [0.2, 0.25) is 0 Å². The summed E-state index contributed by atoms with van der Waals surface area (Å²) in [4.78, 5) is 19.9. The van der Waals surface area contributed by atoms with Crippen molar-refractivity contribution in [3.05, 3.63) is 11.1 Å². The van der Waals surface area contributed by atoms with Crippen LogP contribution in [-0.2, 0) is 0 Å². The first-order valence-electron chi connectivity index (χ1n) is 5.60. The molecular weight excluding hydrogens is 222 g/mol. The number of thiazole rings is 1. The van der Waals surface area contributed by atoms with E-state index in [-0.39, 0.29) is 5.91 Å². The Morgan fingerprint density at radius 3 is 2.69 bits per heavy atom. The van der Waals surface area contributed by atoms with Gasteiger partial charge in [-0.3, -0.25) is 4.79 Å². The van der Waals surface area contributed by atoms with Crippen LogP contribution < -0.4 is 4.90 Å². The maximum absolute atomic E-state index is 11.7. The molecule has 0 spiro atoms. The van der Waals surface area contributed by atoms with E-state index in [2.05, 4.69) is 9.88 Å². The average Bonchev–Trinajstić information content (AvgIpc) is 2.78. The van der Waals surface area contributed by atoms with Gasteiger partial charge < -0.3 is 9.80 Å². The summed E-state index contributed by atoms with van der Waals surface area (Å²) in [7, 11) is 3.50. The third kappa shape index (κ3) is 2.35. The fraction of sp³-hybridized carbons (Fsp3) is 0.636. The minimum atomic E-state index is -0.0143. The third-order valence-corrected chi connectivity index (χ3v) is 3.65. The Morgan fingerprint density at radius 2 is 2.06 bits per heavy atom. The number of carbonyl (C=O) groups is 1. The number of hydrogen-bond acceptors (Lipinski definition) is 4. The standard InChI is InChI=1S/C11H17N3OS/c1-13(2)10(15)9-8-16-11(12-9)14-6-4-3-5-7-14/h8H,3-7H2,1-2H3. The molecule has 1 saturated heterocycles. The molecule has 0 unspecified atom stereocenters. The lowest BCUT2D eigenvalue weighted by molar-refractivity contribution is 0.0823. The molecule has 1 amide bonds. The van der Waals surface area contributed by atoms with Gasteiger partial charge >= 0.3 is 0 Å². The summed E-state index contributed by atoms with van der Waals surface area (Å²) in [5.74, 6) is -0.0143. The minimum Gasteiger partial charge on any atom is -0.348 e. The molecule has 0 N–H and O–H groups in total. The second-order valence-electron chi connectivity index (χ2n) is 4.26. The lowest BCUT2D eigenvalue weighted by Gasteiger charge is -2.25. The molecule has 1 aromatic heterocycles. The van der Waals surface area contributed by atoms with Gasteiger partial charge in [-0.15, -0.1) is 11.3 Å². The molecule has 0 aromatic carbocycles. The molecule has 4 nitrogen and oxygen atoms in total. The Balaban J connectivity index is 2.09. The van der Waals surface area contributed by atoms with Crippen LogP contribution in [0.15, 0.2) is 5.38 Å². The quantitative estimate of drug-likeness (QED) is 0.790. The predicted octanol–water partition coefficient (Wildman–Crippen LogP) is 1.84. The Kier molecular flexibility index (Phi) is 3.43. The molecule has 88 valence electrons. The highest BCUT2D eigenvalue weighted by molar-refractivity contribution is 7.13. The van der Waals surface area contributed by atoms with E-state index in [0.717, 1.165) is 18.2 Å². The van der Waals surface area contributed by atoms with Crippen molar-refractivity contribution in [3.8, 4) is 0 Å². The maximum Gasteiger partial charge on any atom is 0.272 e. The highest BCUT2D eigenvalue weighted by Crippen LogP contribution is 2.24. The highest BCUT2D eigenvalue weighted by Gasteiger charge is 2.17. The lowest BCUT2D eigenvalue weighted by Crippen LogP contribution is -2.29. The summed E-state index contributed by atoms with van der Waals surface area (Å²) in [6.07, 6.45) is 3.78. The average molecular weight is 239 g/mol. The molecule has 1 fully saturated rings. The molecule has 2 rings (SSSR count). The number of carbonyl (C=O) groups excluding carboxylic acids is 1. The topological polar surface area (TPSA) is 36.4 Å². The van der Waals surface area contributed by atoms with E-state index in [9.17, 15) is 4.79 Å². The van der Waals surface area contributed by atoms with Crippen LogP contribution in [0.3, 0.4) is 0 Å². The van der Waals surface area contributed by atoms with Gasteiger partial charge in [-0.25, -0.2) is 4.98 Å². The number of rotatable bonds is 2. The number of amides is 1. The highest BCUT2D eigenvalue weighted by atomic mass is 32.1. The van der Waals surface area contributed by atoms with Crippen molar-refractivity contribution in [3.63, 3.8) is 0 Å². The van der Waals surface area contributed by atoms with Crippen molar-refractivity contribution < 1.29 is 4.79 Å². The summed E-state index contributed by atoms with van der Waals surface area (Å²) in [6, 6.07) is 0. The van der Waals surface area contributed by atoms with Crippen molar-refractivity contribution in [2.45, 2.75) is 19.3 Å². The van der Waals surface area contributed by atoms with Crippen molar-refractivity contribution in [2.75, 3.05) is 32.1 Å². The van der Waals surface area contributed by atoms with Gasteiger partial charge in [-0.1, -0.05) is 0 Å². The molecule has 0 atom stereocenters.